The van der Waals surface area contributed by atoms with E-state index >= 15 is 0 Å². The van der Waals surface area contributed by atoms with Gasteiger partial charge in [0.1, 0.15) is 11.6 Å². The van der Waals surface area contributed by atoms with E-state index in [2.05, 4.69) is 11.8 Å². The van der Waals surface area contributed by atoms with Crippen LogP contribution in [-0.2, 0) is 9.59 Å². The van der Waals surface area contributed by atoms with Gasteiger partial charge in [-0.1, -0.05) is 0 Å². The van der Waals surface area contributed by atoms with Gasteiger partial charge in [-0.25, -0.2) is 0 Å². The van der Waals surface area contributed by atoms with Crippen molar-refractivity contribution in [2.75, 3.05) is 0 Å². The molecular weight excluding hydrogens is 140 g/mol. The SMILES string of the molecule is CC#CCC(C(C)=O)C(C)=O. The maximum absolute atomic E-state index is 10.8. The topological polar surface area (TPSA) is 34.1 Å². The minimum absolute atomic E-state index is 0.0970. The molecular formula is C9H12O2. The van der Waals surface area contributed by atoms with Crippen molar-refractivity contribution in [1.82, 2.24) is 0 Å². The van der Waals surface area contributed by atoms with Crippen LogP contribution in [0.1, 0.15) is 27.2 Å². The summed E-state index contributed by atoms with van der Waals surface area (Å²) in [6.45, 7) is 4.53. The van der Waals surface area contributed by atoms with Gasteiger partial charge in [-0.05, 0) is 20.8 Å². The van der Waals surface area contributed by atoms with Crippen molar-refractivity contribution in [3.8, 4) is 11.8 Å². The average Bonchev–Trinajstić information content (AvgIpc) is 1.87. The molecule has 0 bridgehead atoms. The van der Waals surface area contributed by atoms with Gasteiger partial charge in [-0.15, -0.1) is 11.8 Å². The molecule has 60 valence electrons. The van der Waals surface area contributed by atoms with Crippen molar-refractivity contribution in [2.45, 2.75) is 27.2 Å². The highest BCUT2D eigenvalue weighted by Crippen LogP contribution is 2.04. The fraction of sp³-hybridized carbons (Fsp3) is 0.556. The van der Waals surface area contributed by atoms with E-state index in [0.29, 0.717) is 6.42 Å². The van der Waals surface area contributed by atoms with Crippen LogP contribution in [0.15, 0.2) is 0 Å². The van der Waals surface area contributed by atoms with E-state index in [1.165, 1.54) is 13.8 Å². The molecule has 2 heteroatoms. The van der Waals surface area contributed by atoms with Gasteiger partial charge in [-0.2, -0.15) is 0 Å². The van der Waals surface area contributed by atoms with E-state index in [9.17, 15) is 9.59 Å². The Hall–Kier alpha value is -1.10. The molecule has 0 N–H and O–H groups in total. The maximum atomic E-state index is 10.8. The molecule has 0 aliphatic heterocycles. The number of Topliss-reactive ketones (excluding diaryl/α,β-unsaturated/α-hetero) is 2. The molecule has 0 aromatic heterocycles. The summed E-state index contributed by atoms with van der Waals surface area (Å²) in [5, 5.41) is 0. The summed E-state index contributed by atoms with van der Waals surface area (Å²) in [5.41, 5.74) is 0. The summed E-state index contributed by atoms with van der Waals surface area (Å²) < 4.78 is 0. The van der Waals surface area contributed by atoms with Crippen molar-refractivity contribution >= 4 is 11.6 Å². The number of ketones is 2. The van der Waals surface area contributed by atoms with Crippen molar-refractivity contribution < 1.29 is 9.59 Å². The van der Waals surface area contributed by atoms with Crippen LogP contribution in [0.25, 0.3) is 0 Å². The molecule has 0 amide bonds. The zero-order chi connectivity index (χ0) is 8.85. The summed E-state index contributed by atoms with van der Waals surface area (Å²) >= 11 is 0. The van der Waals surface area contributed by atoms with Gasteiger partial charge >= 0.3 is 0 Å². The second-order valence-electron chi connectivity index (χ2n) is 2.40. The van der Waals surface area contributed by atoms with E-state index in [1.807, 2.05) is 0 Å². The highest BCUT2D eigenvalue weighted by Gasteiger charge is 2.17. The van der Waals surface area contributed by atoms with Crippen molar-refractivity contribution in [3.05, 3.63) is 0 Å². The molecule has 0 saturated carbocycles. The number of carbonyl (C=O) groups excluding carboxylic acids is 2. The Labute approximate surface area is 67.0 Å². The Bertz CT molecular complexity index is 203. The summed E-state index contributed by atoms with van der Waals surface area (Å²) in [7, 11) is 0. The normalized spacial score (nSPS) is 8.73. The van der Waals surface area contributed by atoms with Crippen LogP contribution in [-0.4, -0.2) is 11.6 Å². The predicted molar refractivity (Wildman–Crippen MR) is 42.9 cm³/mol. The van der Waals surface area contributed by atoms with Crippen LogP contribution in [0, 0.1) is 17.8 Å². The van der Waals surface area contributed by atoms with Gasteiger partial charge in [0, 0.05) is 6.42 Å². The lowest BCUT2D eigenvalue weighted by molar-refractivity contribution is -0.130. The van der Waals surface area contributed by atoms with Crippen LogP contribution in [0.2, 0.25) is 0 Å². The first kappa shape index (κ1) is 9.90. The Balaban J connectivity index is 4.19. The lowest BCUT2D eigenvalue weighted by atomic mass is 9.97. The number of rotatable bonds is 3. The predicted octanol–water partition coefficient (Wildman–Crippen LogP) is 1.19. The van der Waals surface area contributed by atoms with Crippen LogP contribution < -0.4 is 0 Å². The highest BCUT2D eigenvalue weighted by atomic mass is 16.1. The number of hydrogen-bond donors (Lipinski definition) is 0. The molecule has 0 aliphatic carbocycles. The summed E-state index contributed by atoms with van der Waals surface area (Å²) in [5.74, 6) is 4.67. The Morgan fingerprint density at radius 3 is 2.00 bits per heavy atom. The lowest BCUT2D eigenvalue weighted by Crippen LogP contribution is -2.18. The van der Waals surface area contributed by atoms with E-state index in [1.54, 1.807) is 6.92 Å². The standard InChI is InChI=1S/C9H12O2/c1-4-5-6-9(7(2)10)8(3)11/h9H,6H2,1-3H3. The molecule has 0 fully saturated rings. The molecule has 0 aromatic rings. The summed E-state index contributed by atoms with van der Waals surface area (Å²) in [6.07, 6.45) is 0.362. The fourth-order valence-electron chi connectivity index (χ4n) is 0.778. The van der Waals surface area contributed by atoms with Crippen molar-refractivity contribution in [2.24, 2.45) is 5.92 Å². The van der Waals surface area contributed by atoms with Gasteiger partial charge in [-0.3, -0.25) is 9.59 Å². The van der Waals surface area contributed by atoms with E-state index in [-0.39, 0.29) is 11.6 Å². The third kappa shape index (κ3) is 3.57. The minimum Gasteiger partial charge on any atom is -0.299 e. The largest absolute Gasteiger partial charge is 0.299 e. The minimum atomic E-state index is -0.512. The van der Waals surface area contributed by atoms with E-state index in [0.717, 1.165) is 0 Å². The quantitative estimate of drug-likeness (QED) is 0.449. The first-order valence-electron chi connectivity index (χ1n) is 3.50. The Morgan fingerprint density at radius 2 is 1.73 bits per heavy atom. The maximum Gasteiger partial charge on any atom is 0.141 e. The van der Waals surface area contributed by atoms with Crippen LogP contribution >= 0.6 is 0 Å². The molecule has 0 aromatic carbocycles. The summed E-state index contributed by atoms with van der Waals surface area (Å²) in [4.78, 5) is 21.6. The monoisotopic (exact) mass is 152 g/mol. The van der Waals surface area contributed by atoms with Gasteiger partial charge in [0.2, 0.25) is 0 Å². The van der Waals surface area contributed by atoms with Crippen LogP contribution in [0.4, 0.5) is 0 Å². The molecule has 2 nitrogen and oxygen atoms in total. The molecule has 0 saturated heterocycles. The lowest BCUT2D eigenvalue weighted by Gasteiger charge is -2.03. The third-order valence-electron chi connectivity index (χ3n) is 1.46. The van der Waals surface area contributed by atoms with Crippen molar-refractivity contribution in [1.29, 1.82) is 0 Å². The number of carbonyl (C=O) groups is 2. The van der Waals surface area contributed by atoms with E-state index in [4.69, 9.17) is 0 Å². The summed E-state index contributed by atoms with van der Waals surface area (Å²) in [6, 6.07) is 0. The van der Waals surface area contributed by atoms with Gasteiger partial charge in [0.05, 0.1) is 5.92 Å². The van der Waals surface area contributed by atoms with Crippen LogP contribution in [0.3, 0.4) is 0 Å². The first-order valence-corrected chi connectivity index (χ1v) is 3.50. The Morgan fingerprint density at radius 1 is 1.27 bits per heavy atom. The average molecular weight is 152 g/mol. The zero-order valence-electron chi connectivity index (χ0n) is 7.10. The molecule has 0 heterocycles. The number of hydrogen-bond acceptors (Lipinski definition) is 2. The van der Waals surface area contributed by atoms with E-state index < -0.39 is 5.92 Å². The third-order valence-corrected chi connectivity index (χ3v) is 1.46. The Kier molecular flexibility index (Phi) is 4.21. The second kappa shape index (κ2) is 4.68. The molecule has 0 aliphatic rings. The molecule has 0 rings (SSSR count). The molecule has 11 heavy (non-hydrogen) atoms. The highest BCUT2D eigenvalue weighted by molar-refractivity contribution is 6.00. The molecule has 0 unspecified atom stereocenters. The molecule has 0 atom stereocenters. The van der Waals surface area contributed by atoms with Gasteiger partial charge in [0.15, 0.2) is 0 Å². The first-order chi connectivity index (χ1) is 5.09. The zero-order valence-corrected chi connectivity index (χ0v) is 7.10. The van der Waals surface area contributed by atoms with Gasteiger partial charge < -0.3 is 0 Å². The second-order valence-corrected chi connectivity index (χ2v) is 2.40. The van der Waals surface area contributed by atoms with Gasteiger partial charge in [0.25, 0.3) is 0 Å². The smallest absolute Gasteiger partial charge is 0.141 e. The van der Waals surface area contributed by atoms with Crippen molar-refractivity contribution in [3.63, 3.8) is 0 Å². The van der Waals surface area contributed by atoms with Crippen LogP contribution in [0.5, 0.6) is 0 Å². The molecule has 0 spiro atoms. The molecule has 0 radical (unpaired) electrons. The fourth-order valence-corrected chi connectivity index (χ4v) is 0.778.